The standard InChI is InChI=1S/C17H22ClN3OS/c1-17(2)8-11-12(9-22-17)23-15-13(11)14(20-16(18)21-15)19-10-6-4-3-5-7-10/h10H,3-9H2,1-2H3,(H,19,20,21). The van der Waals surface area contributed by atoms with Gasteiger partial charge >= 0.3 is 0 Å². The van der Waals surface area contributed by atoms with Crippen LogP contribution < -0.4 is 5.32 Å². The molecular formula is C17H22ClN3OS. The Balaban J connectivity index is 1.78. The van der Waals surface area contributed by atoms with E-state index in [2.05, 4.69) is 29.1 Å². The molecule has 1 saturated carbocycles. The lowest BCUT2D eigenvalue weighted by atomic mass is 9.93. The zero-order chi connectivity index (χ0) is 16.0. The van der Waals surface area contributed by atoms with Crippen molar-refractivity contribution in [3.63, 3.8) is 0 Å². The number of ether oxygens (including phenoxy) is 1. The van der Waals surface area contributed by atoms with Gasteiger partial charge in [0.05, 0.1) is 17.6 Å². The number of hydrogen-bond donors (Lipinski definition) is 1. The first-order chi connectivity index (χ1) is 11.0. The number of halogens is 1. The maximum absolute atomic E-state index is 6.17. The molecule has 3 heterocycles. The molecule has 0 aromatic carbocycles. The average molecular weight is 352 g/mol. The first kappa shape index (κ1) is 15.6. The quantitative estimate of drug-likeness (QED) is 0.778. The van der Waals surface area contributed by atoms with Gasteiger partial charge in [0.2, 0.25) is 5.28 Å². The van der Waals surface area contributed by atoms with Crippen LogP contribution in [0, 0.1) is 0 Å². The van der Waals surface area contributed by atoms with E-state index in [4.69, 9.17) is 16.3 Å². The fourth-order valence-corrected chi connectivity index (χ4v) is 4.99. The van der Waals surface area contributed by atoms with Gasteiger partial charge in [-0.15, -0.1) is 11.3 Å². The van der Waals surface area contributed by atoms with Crippen molar-refractivity contribution in [2.45, 2.75) is 70.6 Å². The lowest BCUT2D eigenvalue weighted by Crippen LogP contribution is -2.31. The number of anilines is 1. The molecule has 1 aliphatic carbocycles. The van der Waals surface area contributed by atoms with Gasteiger partial charge in [0.15, 0.2) is 0 Å². The molecule has 2 aromatic heterocycles. The molecule has 0 bridgehead atoms. The van der Waals surface area contributed by atoms with E-state index in [0.29, 0.717) is 17.9 Å². The summed E-state index contributed by atoms with van der Waals surface area (Å²) in [6.45, 7) is 4.94. The number of nitrogens with one attached hydrogen (secondary N) is 1. The van der Waals surface area contributed by atoms with Crippen LogP contribution in [0.15, 0.2) is 0 Å². The largest absolute Gasteiger partial charge is 0.370 e. The third-order valence-corrected chi connectivity index (χ3v) is 6.12. The van der Waals surface area contributed by atoms with Gasteiger partial charge in [-0.05, 0) is 43.9 Å². The van der Waals surface area contributed by atoms with E-state index in [1.807, 2.05) is 0 Å². The number of thiophene rings is 1. The van der Waals surface area contributed by atoms with Crippen LogP contribution in [-0.2, 0) is 17.8 Å². The van der Waals surface area contributed by atoms with Crippen molar-refractivity contribution in [2.24, 2.45) is 0 Å². The Kier molecular flexibility index (Phi) is 3.98. The average Bonchev–Trinajstić information content (AvgIpc) is 2.84. The summed E-state index contributed by atoms with van der Waals surface area (Å²) in [7, 11) is 0. The van der Waals surface area contributed by atoms with Gasteiger partial charge in [0.25, 0.3) is 0 Å². The summed E-state index contributed by atoms with van der Waals surface area (Å²) in [5.41, 5.74) is 1.21. The maximum Gasteiger partial charge on any atom is 0.225 e. The molecule has 0 amide bonds. The Bertz CT molecular complexity index is 737. The number of nitrogens with zero attached hydrogens (tertiary/aromatic N) is 2. The van der Waals surface area contributed by atoms with E-state index in [9.17, 15) is 0 Å². The lowest BCUT2D eigenvalue weighted by Gasteiger charge is -2.30. The first-order valence-electron chi connectivity index (χ1n) is 8.40. The number of rotatable bonds is 2. The maximum atomic E-state index is 6.17. The summed E-state index contributed by atoms with van der Waals surface area (Å²) in [6, 6.07) is 0.501. The molecular weight excluding hydrogens is 330 g/mol. The zero-order valence-electron chi connectivity index (χ0n) is 13.6. The van der Waals surface area contributed by atoms with E-state index < -0.39 is 0 Å². The molecule has 4 rings (SSSR count). The van der Waals surface area contributed by atoms with E-state index in [1.54, 1.807) is 11.3 Å². The molecule has 2 aromatic rings. The zero-order valence-corrected chi connectivity index (χ0v) is 15.2. The summed E-state index contributed by atoms with van der Waals surface area (Å²) in [6.07, 6.45) is 7.25. The second-order valence-electron chi connectivity index (χ2n) is 7.23. The lowest BCUT2D eigenvalue weighted by molar-refractivity contribution is -0.0379. The monoisotopic (exact) mass is 351 g/mol. The van der Waals surface area contributed by atoms with Crippen molar-refractivity contribution in [3.8, 4) is 0 Å². The third-order valence-electron chi connectivity index (χ3n) is 4.85. The second-order valence-corrected chi connectivity index (χ2v) is 8.65. The van der Waals surface area contributed by atoms with E-state index >= 15 is 0 Å². The Labute approximate surface area is 145 Å². The Morgan fingerprint density at radius 3 is 2.78 bits per heavy atom. The van der Waals surface area contributed by atoms with E-state index in [1.165, 1.54) is 42.5 Å². The molecule has 0 radical (unpaired) electrons. The molecule has 0 spiro atoms. The minimum Gasteiger partial charge on any atom is -0.370 e. The normalized spacial score (nSPS) is 21.3. The summed E-state index contributed by atoms with van der Waals surface area (Å²) >= 11 is 7.86. The number of aromatic nitrogens is 2. The number of hydrogen-bond acceptors (Lipinski definition) is 5. The third kappa shape index (κ3) is 3.06. The van der Waals surface area contributed by atoms with Crippen LogP contribution in [0.1, 0.15) is 56.4 Å². The number of fused-ring (bicyclic) bond motifs is 3. The molecule has 0 atom stereocenters. The van der Waals surface area contributed by atoms with Crippen LogP contribution >= 0.6 is 22.9 Å². The van der Waals surface area contributed by atoms with Gasteiger partial charge in [-0.25, -0.2) is 9.97 Å². The molecule has 124 valence electrons. The van der Waals surface area contributed by atoms with E-state index in [-0.39, 0.29) is 5.60 Å². The highest BCUT2D eigenvalue weighted by Gasteiger charge is 2.31. The molecule has 0 saturated heterocycles. The summed E-state index contributed by atoms with van der Waals surface area (Å²) in [4.78, 5) is 11.2. The van der Waals surface area contributed by atoms with Crippen LogP contribution in [0.2, 0.25) is 5.28 Å². The van der Waals surface area contributed by atoms with Crippen molar-refractivity contribution in [1.29, 1.82) is 0 Å². The highest BCUT2D eigenvalue weighted by molar-refractivity contribution is 7.19. The second kappa shape index (κ2) is 5.87. The van der Waals surface area contributed by atoms with Crippen LogP contribution in [0.5, 0.6) is 0 Å². The fourth-order valence-electron chi connectivity index (χ4n) is 3.66. The van der Waals surface area contributed by atoms with Gasteiger partial charge in [-0.1, -0.05) is 19.3 Å². The van der Waals surface area contributed by atoms with E-state index in [0.717, 1.165) is 22.5 Å². The van der Waals surface area contributed by atoms with Crippen molar-refractivity contribution in [1.82, 2.24) is 9.97 Å². The summed E-state index contributed by atoms with van der Waals surface area (Å²) in [5, 5.41) is 5.15. The van der Waals surface area contributed by atoms with Crippen molar-refractivity contribution >= 4 is 39.0 Å². The van der Waals surface area contributed by atoms with Crippen LogP contribution in [0.4, 0.5) is 5.82 Å². The van der Waals surface area contributed by atoms with Gasteiger partial charge < -0.3 is 10.1 Å². The highest BCUT2D eigenvalue weighted by Crippen LogP contribution is 2.41. The van der Waals surface area contributed by atoms with Crippen LogP contribution in [0.3, 0.4) is 0 Å². The summed E-state index contributed by atoms with van der Waals surface area (Å²) in [5.74, 6) is 0.919. The fraction of sp³-hybridized carbons (Fsp3) is 0.647. The van der Waals surface area contributed by atoms with Crippen molar-refractivity contribution in [2.75, 3.05) is 5.32 Å². The van der Waals surface area contributed by atoms with Gasteiger partial charge in [-0.2, -0.15) is 0 Å². The van der Waals surface area contributed by atoms with Gasteiger partial charge in [0, 0.05) is 17.3 Å². The predicted molar refractivity (Wildman–Crippen MR) is 95.5 cm³/mol. The topological polar surface area (TPSA) is 47.0 Å². The van der Waals surface area contributed by atoms with Crippen molar-refractivity contribution < 1.29 is 4.74 Å². The first-order valence-corrected chi connectivity index (χ1v) is 9.59. The molecule has 1 aliphatic heterocycles. The molecule has 1 fully saturated rings. The molecule has 23 heavy (non-hydrogen) atoms. The predicted octanol–water partition coefficient (Wildman–Crippen LogP) is 4.94. The molecule has 2 aliphatic rings. The van der Waals surface area contributed by atoms with Gasteiger partial charge in [0.1, 0.15) is 10.6 Å². The molecule has 1 N–H and O–H groups in total. The SMILES string of the molecule is CC1(C)Cc2c(sc3nc(Cl)nc(NC4CCCCC4)c23)CO1. The minimum atomic E-state index is -0.136. The van der Waals surface area contributed by atoms with Crippen molar-refractivity contribution in [3.05, 3.63) is 15.7 Å². The molecule has 0 unspecified atom stereocenters. The smallest absolute Gasteiger partial charge is 0.225 e. The summed E-state index contributed by atoms with van der Waals surface area (Å²) < 4.78 is 5.95. The molecule has 4 nitrogen and oxygen atoms in total. The van der Waals surface area contributed by atoms with Gasteiger partial charge in [-0.3, -0.25) is 0 Å². The highest BCUT2D eigenvalue weighted by atomic mass is 35.5. The minimum absolute atomic E-state index is 0.136. The Morgan fingerprint density at radius 2 is 2.00 bits per heavy atom. The van der Waals surface area contributed by atoms with Crippen LogP contribution in [0.25, 0.3) is 10.2 Å². The van der Waals surface area contributed by atoms with Crippen LogP contribution in [-0.4, -0.2) is 21.6 Å². The Hall–Kier alpha value is -0.910. The Morgan fingerprint density at radius 1 is 1.22 bits per heavy atom. The molecule has 6 heteroatoms.